The fraction of sp³-hybridized carbons (Fsp3) is 0.435. The third-order valence-electron chi connectivity index (χ3n) is 5.33. The minimum absolute atomic E-state index is 0.00946. The van der Waals surface area contributed by atoms with E-state index in [1.807, 2.05) is 26.8 Å². The second-order valence-electron chi connectivity index (χ2n) is 8.89. The Morgan fingerprint density at radius 2 is 2.06 bits per heavy atom. The van der Waals surface area contributed by atoms with E-state index in [4.69, 9.17) is 9.47 Å². The second kappa shape index (κ2) is 8.54. The van der Waals surface area contributed by atoms with Gasteiger partial charge in [0.25, 0.3) is 0 Å². The lowest BCUT2D eigenvalue weighted by Gasteiger charge is -2.28. The molecule has 0 spiro atoms. The Hall–Kier alpha value is -2.94. The van der Waals surface area contributed by atoms with Gasteiger partial charge in [0.1, 0.15) is 16.3 Å². The van der Waals surface area contributed by atoms with Gasteiger partial charge in [0.15, 0.2) is 4.96 Å². The van der Waals surface area contributed by atoms with Gasteiger partial charge in [0.2, 0.25) is 0 Å². The summed E-state index contributed by atoms with van der Waals surface area (Å²) in [5.41, 5.74) is 1.15. The predicted octanol–water partition coefficient (Wildman–Crippen LogP) is 4.93. The zero-order valence-electron chi connectivity index (χ0n) is 18.6. The molecule has 7 nitrogen and oxygen atoms in total. The number of thiazole rings is 1. The highest BCUT2D eigenvalue weighted by atomic mass is 32.1. The maximum absolute atomic E-state index is 15.0. The van der Waals surface area contributed by atoms with Gasteiger partial charge in [0, 0.05) is 30.5 Å². The molecule has 9 heteroatoms. The maximum atomic E-state index is 15.0. The molecule has 1 fully saturated rings. The summed E-state index contributed by atoms with van der Waals surface area (Å²) in [4.78, 5) is 31.4. The average Bonchev–Trinajstić information content (AvgIpc) is 3.41. The van der Waals surface area contributed by atoms with Gasteiger partial charge in [-0.1, -0.05) is 17.4 Å². The highest BCUT2D eigenvalue weighted by Crippen LogP contribution is 2.29. The standard InChI is InChI=1S/C23H26FN3O4S/c1-23(2,3)31-22(29)27-9-5-6-15(27)10-14-7-8-16(17(24)11-14)18-12-26-13-19(20(28)30-4)32-21(26)25-18/h7-8,11-13,15H,5-6,9-10H2,1-4H3. The first-order chi connectivity index (χ1) is 15.1. The van der Waals surface area contributed by atoms with Crippen LogP contribution in [0.2, 0.25) is 0 Å². The van der Waals surface area contributed by atoms with E-state index >= 15 is 0 Å². The predicted molar refractivity (Wildman–Crippen MR) is 119 cm³/mol. The van der Waals surface area contributed by atoms with Crippen LogP contribution in [0, 0.1) is 5.82 Å². The van der Waals surface area contributed by atoms with Crippen molar-refractivity contribution in [3.8, 4) is 11.3 Å². The van der Waals surface area contributed by atoms with Gasteiger partial charge in [-0.2, -0.15) is 0 Å². The van der Waals surface area contributed by atoms with Gasteiger partial charge in [-0.05, 0) is 57.7 Å². The number of likely N-dealkylation sites (tertiary alicyclic amines) is 1. The molecule has 4 rings (SSSR count). The Morgan fingerprint density at radius 1 is 1.28 bits per heavy atom. The molecule has 0 aliphatic carbocycles. The van der Waals surface area contributed by atoms with Crippen LogP contribution in [0.25, 0.3) is 16.2 Å². The lowest BCUT2D eigenvalue weighted by atomic mass is 10.0. The summed E-state index contributed by atoms with van der Waals surface area (Å²) in [6, 6.07) is 5.08. The van der Waals surface area contributed by atoms with Gasteiger partial charge in [-0.15, -0.1) is 0 Å². The van der Waals surface area contributed by atoms with Crippen molar-refractivity contribution in [1.82, 2.24) is 14.3 Å². The van der Waals surface area contributed by atoms with Crippen LogP contribution < -0.4 is 0 Å². The van der Waals surface area contributed by atoms with Crippen LogP contribution >= 0.6 is 11.3 Å². The number of rotatable bonds is 4. The van der Waals surface area contributed by atoms with Gasteiger partial charge in [-0.3, -0.25) is 4.40 Å². The summed E-state index contributed by atoms with van der Waals surface area (Å²) in [6.07, 6.45) is 5.34. The summed E-state index contributed by atoms with van der Waals surface area (Å²) >= 11 is 1.19. The number of nitrogens with zero attached hydrogens (tertiary/aromatic N) is 3. The van der Waals surface area contributed by atoms with E-state index in [1.54, 1.807) is 27.8 Å². The maximum Gasteiger partial charge on any atom is 0.410 e. The SMILES string of the molecule is COC(=O)c1cn2cc(-c3ccc(CC4CCCN4C(=O)OC(C)(C)C)cc3F)nc2s1. The molecule has 1 aliphatic heterocycles. The van der Waals surface area contributed by atoms with Crippen molar-refractivity contribution in [3.05, 3.63) is 46.9 Å². The molecule has 170 valence electrons. The topological polar surface area (TPSA) is 73.1 Å². The molecule has 1 unspecified atom stereocenters. The van der Waals surface area contributed by atoms with Crippen molar-refractivity contribution in [2.75, 3.05) is 13.7 Å². The Bertz CT molecular complexity index is 1130. The first-order valence-electron chi connectivity index (χ1n) is 10.5. The monoisotopic (exact) mass is 459 g/mol. The molecule has 0 radical (unpaired) electrons. The number of ether oxygens (including phenoxy) is 2. The molecule has 3 heterocycles. The number of fused-ring (bicyclic) bond motifs is 1. The molecule has 1 atom stereocenters. The van der Waals surface area contributed by atoms with Crippen molar-refractivity contribution in [3.63, 3.8) is 0 Å². The third kappa shape index (κ3) is 4.62. The van der Waals surface area contributed by atoms with E-state index in [0.29, 0.717) is 34.1 Å². The molecule has 1 aromatic carbocycles. The molecule has 1 amide bonds. The van der Waals surface area contributed by atoms with Crippen molar-refractivity contribution < 1.29 is 23.5 Å². The number of esters is 1. The molecule has 2 aromatic heterocycles. The summed E-state index contributed by atoms with van der Waals surface area (Å²) < 4.78 is 26.9. The van der Waals surface area contributed by atoms with E-state index in [0.717, 1.165) is 18.4 Å². The second-order valence-corrected chi connectivity index (χ2v) is 9.90. The number of aromatic nitrogens is 2. The van der Waals surface area contributed by atoms with Crippen LogP contribution in [-0.4, -0.2) is 51.6 Å². The molecule has 3 aromatic rings. The van der Waals surface area contributed by atoms with Crippen LogP contribution in [-0.2, 0) is 15.9 Å². The smallest absolute Gasteiger partial charge is 0.410 e. The number of imidazole rings is 1. The summed E-state index contributed by atoms with van der Waals surface area (Å²) in [6.45, 7) is 6.19. The largest absolute Gasteiger partial charge is 0.465 e. The number of benzene rings is 1. The van der Waals surface area contributed by atoms with E-state index in [9.17, 15) is 14.0 Å². The Morgan fingerprint density at radius 3 is 2.72 bits per heavy atom. The van der Waals surface area contributed by atoms with Crippen LogP contribution in [0.15, 0.2) is 30.6 Å². The fourth-order valence-corrected chi connectivity index (χ4v) is 4.78. The van der Waals surface area contributed by atoms with E-state index in [2.05, 4.69) is 4.98 Å². The van der Waals surface area contributed by atoms with Crippen molar-refractivity contribution in [1.29, 1.82) is 0 Å². The van der Waals surface area contributed by atoms with E-state index in [1.165, 1.54) is 24.5 Å². The number of methoxy groups -OCH3 is 1. The highest BCUT2D eigenvalue weighted by Gasteiger charge is 2.32. The van der Waals surface area contributed by atoms with Crippen LogP contribution in [0.3, 0.4) is 0 Å². The molecule has 0 bridgehead atoms. The molecule has 0 N–H and O–H groups in total. The van der Waals surface area contributed by atoms with E-state index < -0.39 is 11.6 Å². The molecule has 0 saturated carbocycles. The average molecular weight is 460 g/mol. The quantitative estimate of drug-likeness (QED) is 0.517. The van der Waals surface area contributed by atoms with Gasteiger partial charge < -0.3 is 14.4 Å². The molecule has 32 heavy (non-hydrogen) atoms. The third-order valence-corrected chi connectivity index (χ3v) is 6.31. The number of carbonyl (C=O) groups is 2. The Kier molecular flexibility index (Phi) is 5.94. The lowest BCUT2D eigenvalue weighted by Crippen LogP contribution is -2.40. The van der Waals surface area contributed by atoms with Crippen LogP contribution in [0.1, 0.15) is 48.8 Å². The molecular formula is C23H26FN3O4S. The highest BCUT2D eigenvalue weighted by molar-refractivity contribution is 7.18. The molecular weight excluding hydrogens is 433 g/mol. The number of amides is 1. The molecule has 1 saturated heterocycles. The number of halogens is 1. The summed E-state index contributed by atoms with van der Waals surface area (Å²) in [5, 5.41) is 0. The van der Waals surface area contributed by atoms with Crippen LogP contribution in [0.4, 0.5) is 9.18 Å². The Balaban J connectivity index is 1.50. The number of hydrogen-bond donors (Lipinski definition) is 0. The van der Waals surface area contributed by atoms with Crippen molar-refractivity contribution >= 4 is 28.4 Å². The molecule has 1 aliphatic rings. The zero-order chi connectivity index (χ0) is 23.0. The summed E-state index contributed by atoms with van der Waals surface area (Å²) in [7, 11) is 1.32. The first-order valence-corrected chi connectivity index (χ1v) is 11.3. The fourth-order valence-electron chi connectivity index (χ4n) is 3.89. The minimum Gasteiger partial charge on any atom is -0.465 e. The van der Waals surface area contributed by atoms with Crippen LogP contribution in [0.5, 0.6) is 0 Å². The van der Waals surface area contributed by atoms with Gasteiger partial charge in [-0.25, -0.2) is 19.0 Å². The number of carbonyl (C=O) groups excluding carboxylic acids is 2. The van der Waals surface area contributed by atoms with Crippen molar-refractivity contribution in [2.24, 2.45) is 0 Å². The van der Waals surface area contributed by atoms with Crippen molar-refractivity contribution in [2.45, 2.75) is 51.7 Å². The number of hydrogen-bond acceptors (Lipinski definition) is 6. The first kappa shape index (κ1) is 22.3. The van der Waals surface area contributed by atoms with Gasteiger partial charge in [0.05, 0.1) is 12.8 Å². The minimum atomic E-state index is -0.548. The summed E-state index contributed by atoms with van der Waals surface area (Å²) in [5.74, 6) is -0.798. The lowest BCUT2D eigenvalue weighted by molar-refractivity contribution is 0.0226. The normalized spacial score (nSPS) is 16.5. The van der Waals surface area contributed by atoms with E-state index in [-0.39, 0.29) is 18.0 Å². The van der Waals surface area contributed by atoms with Gasteiger partial charge >= 0.3 is 12.1 Å². The zero-order valence-corrected chi connectivity index (χ0v) is 19.4. The Labute approximate surface area is 189 Å².